The Balaban J connectivity index is 1.78. The number of sulfonamides is 1. The smallest absolute Gasteiger partial charge is 0.263 e. The van der Waals surface area contributed by atoms with Gasteiger partial charge in [-0.05, 0) is 54.4 Å². The van der Waals surface area contributed by atoms with E-state index in [4.69, 9.17) is 11.6 Å². The molecule has 1 heterocycles. The summed E-state index contributed by atoms with van der Waals surface area (Å²) in [6.07, 6.45) is 0.882. The molecule has 3 aromatic carbocycles. The van der Waals surface area contributed by atoms with E-state index in [1.165, 1.54) is 12.1 Å². The van der Waals surface area contributed by atoms with Gasteiger partial charge in [0.25, 0.3) is 10.0 Å². The van der Waals surface area contributed by atoms with Gasteiger partial charge in [-0.1, -0.05) is 48.9 Å². The van der Waals surface area contributed by atoms with Crippen molar-refractivity contribution in [3.8, 4) is 0 Å². The van der Waals surface area contributed by atoms with Crippen LogP contribution in [-0.4, -0.2) is 18.4 Å². The van der Waals surface area contributed by atoms with Crippen LogP contribution in [0.1, 0.15) is 12.5 Å². The summed E-state index contributed by atoms with van der Waals surface area (Å²) >= 11 is 5.97. The monoisotopic (exact) mass is 438 g/mol. The van der Waals surface area contributed by atoms with Crippen molar-refractivity contribution in [3.05, 3.63) is 83.4 Å². The predicted octanol–water partition coefficient (Wildman–Crippen LogP) is 5.39. The lowest BCUT2D eigenvalue weighted by molar-refractivity contribution is 0.601. The molecule has 6 nitrogen and oxygen atoms in total. The van der Waals surface area contributed by atoms with Crippen molar-refractivity contribution in [1.29, 1.82) is 0 Å². The Morgan fingerprint density at radius 2 is 1.57 bits per heavy atom. The summed E-state index contributed by atoms with van der Waals surface area (Å²) in [7, 11) is -3.91. The molecule has 0 atom stereocenters. The van der Waals surface area contributed by atoms with E-state index in [2.05, 4.69) is 26.9 Å². The van der Waals surface area contributed by atoms with E-state index < -0.39 is 10.0 Å². The zero-order valence-corrected chi connectivity index (χ0v) is 17.7. The molecule has 1 aromatic heterocycles. The number of para-hydroxylation sites is 2. The van der Waals surface area contributed by atoms with Gasteiger partial charge in [-0.15, -0.1) is 0 Å². The highest BCUT2D eigenvalue weighted by atomic mass is 35.5. The van der Waals surface area contributed by atoms with Crippen molar-refractivity contribution in [3.63, 3.8) is 0 Å². The molecule has 0 saturated carbocycles. The molecule has 0 saturated heterocycles. The molecule has 30 heavy (non-hydrogen) atoms. The van der Waals surface area contributed by atoms with Gasteiger partial charge in [0.2, 0.25) is 0 Å². The van der Waals surface area contributed by atoms with Crippen LogP contribution in [0.2, 0.25) is 5.02 Å². The second-order valence-corrected chi connectivity index (χ2v) is 8.77. The molecule has 152 valence electrons. The van der Waals surface area contributed by atoms with E-state index in [1.807, 2.05) is 42.5 Å². The van der Waals surface area contributed by atoms with Crippen molar-refractivity contribution in [1.82, 2.24) is 9.97 Å². The summed E-state index contributed by atoms with van der Waals surface area (Å²) in [5, 5.41) is 3.53. The normalized spacial score (nSPS) is 11.4. The number of aromatic nitrogens is 2. The summed E-state index contributed by atoms with van der Waals surface area (Å²) in [6, 6.07) is 21.2. The van der Waals surface area contributed by atoms with Gasteiger partial charge in [-0.3, -0.25) is 4.72 Å². The Bertz CT molecular complexity index is 1330. The van der Waals surface area contributed by atoms with E-state index >= 15 is 0 Å². The van der Waals surface area contributed by atoms with Crippen molar-refractivity contribution in [2.45, 2.75) is 18.2 Å². The van der Waals surface area contributed by atoms with Crippen LogP contribution in [0.4, 0.5) is 17.3 Å². The van der Waals surface area contributed by atoms with Gasteiger partial charge in [0.15, 0.2) is 11.6 Å². The number of hydrogen-bond donors (Lipinski definition) is 2. The van der Waals surface area contributed by atoms with Gasteiger partial charge in [0.05, 0.1) is 15.9 Å². The minimum atomic E-state index is -3.91. The van der Waals surface area contributed by atoms with Gasteiger partial charge in [0.1, 0.15) is 0 Å². The molecule has 8 heteroatoms. The highest BCUT2D eigenvalue weighted by Crippen LogP contribution is 2.28. The summed E-state index contributed by atoms with van der Waals surface area (Å²) < 4.78 is 28.4. The van der Waals surface area contributed by atoms with E-state index in [-0.39, 0.29) is 10.7 Å². The quantitative estimate of drug-likeness (QED) is 0.421. The van der Waals surface area contributed by atoms with Crippen molar-refractivity contribution in [2.24, 2.45) is 0 Å². The molecule has 0 amide bonds. The first kappa shape index (κ1) is 20.1. The van der Waals surface area contributed by atoms with E-state index in [0.717, 1.165) is 17.7 Å². The van der Waals surface area contributed by atoms with Gasteiger partial charge < -0.3 is 5.32 Å². The molecule has 2 N–H and O–H groups in total. The second kappa shape index (κ2) is 8.30. The van der Waals surface area contributed by atoms with E-state index in [9.17, 15) is 8.42 Å². The first-order valence-electron chi connectivity index (χ1n) is 9.36. The van der Waals surface area contributed by atoms with Crippen LogP contribution in [0.15, 0.2) is 77.7 Å². The topological polar surface area (TPSA) is 84.0 Å². The number of benzene rings is 3. The Kier molecular flexibility index (Phi) is 5.57. The molecule has 0 unspecified atom stereocenters. The Morgan fingerprint density at radius 1 is 0.867 bits per heavy atom. The Morgan fingerprint density at radius 3 is 2.27 bits per heavy atom. The van der Waals surface area contributed by atoms with Gasteiger partial charge >= 0.3 is 0 Å². The number of aryl methyl sites for hydroxylation is 1. The lowest BCUT2D eigenvalue weighted by atomic mass is 10.1. The Labute approximate surface area is 180 Å². The summed E-state index contributed by atoms with van der Waals surface area (Å²) in [5.74, 6) is 0.420. The SMILES string of the molecule is CCc1cccc(Nc2nc3ccccc3nc2NS(=O)(=O)c2cccc(Cl)c2)c1. The zero-order valence-electron chi connectivity index (χ0n) is 16.1. The summed E-state index contributed by atoms with van der Waals surface area (Å²) in [5.41, 5.74) is 3.17. The van der Waals surface area contributed by atoms with Crippen LogP contribution in [0.25, 0.3) is 11.0 Å². The minimum Gasteiger partial charge on any atom is -0.337 e. The number of nitrogens with one attached hydrogen (secondary N) is 2. The maximum atomic E-state index is 12.9. The van der Waals surface area contributed by atoms with Crippen LogP contribution in [-0.2, 0) is 16.4 Å². The standard InChI is InChI=1S/C22H19ClN4O2S/c1-2-15-7-5-9-17(13-15)24-21-22(26-20-12-4-3-11-19(20)25-21)27-30(28,29)18-10-6-8-16(23)14-18/h3-14H,2H2,1H3,(H,24,25)(H,26,27). The predicted molar refractivity (Wildman–Crippen MR) is 121 cm³/mol. The molecule has 0 radical (unpaired) electrons. The lowest BCUT2D eigenvalue weighted by Gasteiger charge is -2.14. The molecular formula is C22H19ClN4O2S. The minimum absolute atomic E-state index is 0.0453. The van der Waals surface area contributed by atoms with Crippen LogP contribution in [0.5, 0.6) is 0 Å². The third kappa shape index (κ3) is 4.37. The van der Waals surface area contributed by atoms with Gasteiger partial charge in [0, 0.05) is 10.7 Å². The van der Waals surface area contributed by atoms with Crippen LogP contribution in [0.3, 0.4) is 0 Å². The van der Waals surface area contributed by atoms with Crippen molar-refractivity contribution in [2.75, 3.05) is 10.0 Å². The fraction of sp³-hybridized carbons (Fsp3) is 0.0909. The maximum Gasteiger partial charge on any atom is 0.263 e. The molecule has 0 spiro atoms. The average Bonchev–Trinajstić information content (AvgIpc) is 2.74. The highest BCUT2D eigenvalue weighted by molar-refractivity contribution is 7.92. The second-order valence-electron chi connectivity index (χ2n) is 6.65. The number of hydrogen-bond acceptors (Lipinski definition) is 5. The van der Waals surface area contributed by atoms with Crippen LogP contribution >= 0.6 is 11.6 Å². The third-order valence-corrected chi connectivity index (χ3v) is 6.08. The fourth-order valence-corrected chi connectivity index (χ4v) is 4.29. The molecule has 4 aromatic rings. The number of nitrogens with zero attached hydrogens (tertiary/aromatic N) is 2. The average molecular weight is 439 g/mol. The molecule has 0 aliphatic rings. The molecule has 0 aliphatic carbocycles. The maximum absolute atomic E-state index is 12.9. The summed E-state index contributed by atoms with van der Waals surface area (Å²) in [6.45, 7) is 2.07. The number of rotatable bonds is 6. The van der Waals surface area contributed by atoms with E-state index in [0.29, 0.717) is 21.9 Å². The van der Waals surface area contributed by atoms with Crippen molar-refractivity contribution >= 4 is 50.0 Å². The van der Waals surface area contributed by atoms with Crippen molar-refractivity contribution < 1.29 is 8.42 Å². The largest absolute Gasteiger partial charge is 0.337 e. The van der Waals surface area contributed by atoms with E-state index in [1.54, 1.807) is 18.2 Å². The molecule has 0 aliphatic heterocycles. The van der Waals surface area contributed by atoms with Crippen LogP contribution in [0, 0.1) is 0 Å². The first-order valence-corrected chi connectivity index (χ1v) is 11.2. The lowest BCUT2D eigenvalue weighted by Crippen LogP contribution is -2.16. The highest BCUT2D eigenvalue weighted by Gasteiger charge is 2.19. The molecular weight excluding hydrogens is 420 g/mol. The number of anilines is 3. The fourth-order valence-electron chi connectivity index (χ4n) is 2.98. The van der Waals surface area contributed by atoms with Gasteiger partial charge in [-0.2, -0.15) is 0 Å². The Hall–Kier alpha value is -3.16. The molecule has 0 bridgehead atoms. The molecule has 0 fully saturated rings. The molecule has 4 rings (SSSR count). The van der Waals surface area contributed by atoms with Crippen LogP contribution < -0.4 is 10.0 Å². The van der Waals surface area contributed by atoms with Gasteiger partial charge in [-0.25, -0.2) is 18.4 Å². The zero-order chi connectivity index (χ0) is 21.1. The third-order valence-electron chi connectivity index (χ3n) is 4.51. The number of halogens is 1. The number of fused-ring (bicyclic) bond motifs is 1. The summed E-state index contributed by atoms with van der Waals surface area (Å²) in [4.78, 5) is 9.14. The first-order chi connectivity index (χ1) is 14.4.